The van der Waals surface area contributed by atoms with Gasteiger partial charge >= 0.3 is 0 Å². The number of aryl methyl sites for hydroxylation is 2. The van der Waals surface area contributed by atoms with E-state index in [9.17, 15) is 0 Å². The summed E-state index contributed by atoms with van der Waals surface area (Å²) < 4.78 is 0. The SMILES string of the molecule is Cc1cc(C)cc(Nc2nncc(Nc3ccc(N4CCN(C)CC4)cc3)n2)c1. The molecule has 29 heavy (non-hydrogen) atoms. The number of aromatic nitrogens is 3. The fraction of sp³-hybridized carbons (Fsp3) is 0.318. The van der Waals surface area contributed by atoms with Crippen molar-refractivity contribution in [2.24, 2.45) is 0 Å². The van der Waals surface area contributed by atoms with E-state index in [1.807, 2.05) is 0 Å². The number of hydrogen-bond donors (Lipinski definition) is 2. The van der Waals surface area contributed by atoms with Gasteiger partial charge in [0.2, 0.25) is 5.95 Å². The van der Waals surface area contributed by atoms with E-state index in [2.05, 4.69) is 99.0 Å². The fourth-order valence-electron chi connectivity index (χ4n) is 3.56. The Balaban J connectivity index is 1.42. The average molecular weight is 390 g/mol. The minimum atomic E-state index is 0.467. The molecule has 0 saturated carbocycles. The van der Waals surface area contributed by atoms with E-state index in [0.717, 1.165) is 37.6 Å². The molecule has 0 spiro atoms. The highest BCUT2D eigenvalue weighted by atomic mass is 15.3. The quantitative estimate of drug-likeness (QED) is 0.689. The first-order valence-corrected chi connectivity index (χ1v) is 9.91. The molecule has 3 aromatic rings. The van der Waals surface area contributed by atoms with Crippen molar-refractivity contribution < 1.29 is 0 Å². The Labute approximate surface area is 171 Å². The Hall–Kier alpha value is -3.19. The van der Waals surface area contributed by atoms with E-state index in [4.69, 9.17) is 0 Å². The molecule has 0 aliphatic carbocycles. The molecule has 1 fully saturated rings. The van der Waals surface area contributed by atoms with E-state index >= 15 is 0 Å². The molecule has 0 bridgehead atoms. The largest absolute Gasteiger partial charge is 0.369 e. The maximum Gasteiger partial charge on any atom is 0.249 e. The molecule has 2 aromatic carbocycles. The van der Waals surface area contributed by atoms with Gasteiger partial charge < -0.3 is 20.4 Å². The van der Waals surface area contributed by atoms with Crippen LogP contribution in [0.15, 0.2) is 48.7 Å². The van der Waals surface area contributed by atoms with Gasteiger partial charge in [-0.15, -0.1) is 5.10 Å². The Morgan fingerprint density at radius 2 is 1.52 bits per heavy atom. The lowest BCUT2D eigenvalue weighted by molar-refractivity contribution is 0.313. The summed E-state index contributed by atoms with van der Waals surface area (Å²) in [6.07, 6.45) is 1.63. The molecule has 2 N–H and O–H groups in total. The van der Waals surface area contributed by atoms with Crippen molar-refractivity contribution in [2.45, 2.75) is 13.8 Å². The molecule has 7 heteroatoms. The number of likely N-dealkylation sites (N-methyl/N-ethyl adjacent to an activating group) is 1. The van der Waals surface area contributed by atoms with Crippen LogP contribution >= 0.6 is 0 Å². The first kappa shape index (κ1) is 19.1. The summed E-state index contributed by atoms with van der Waals surface area (Å²) in [7, 11) is 2.17. The van der Waals surface area contributed by atoms with Crippen molar-refractivity contribution in [3.8, 4) is 0 Å². The predicted octanol–water partition coefficient (Wildman–Crippen LogP) is 3.73. The van der Waals surface area contributed by atoms with Crippen LogP contribution in [0.2, 0.25) is 0 Å². The third-order valence-electron chi connectivity index (χ3n) is 5.04. The number of nitrogens with one attached hydrogen (secondary N) is 2. The van der Waals surface area contributed by atoms with Gasteiger partial charge in [-0.1, -0.05) is 6.07 Å². The Morgan fingerprint density at radius 3 is 2.21 bits per heavy atom. The molecule has 0 radical (unpaired) electrons. The number of piperazine rings is 1. The fourth-order valence-corrected chi connectivity index (χ4v) is 3.56. The zero-order valence-electron chi connectivity index (χ0n) is 17.2. The molecule has 0 atom stereocenters. The normalized spacial score (nSPS) is 14.7. The van der Waals surface area contributed by atoms with Gasteiger partial charge in [-0.05, 0) is 68.4 Å². The zero-order valence-corrected chi connectivity index (χ0v) is 17.2. The number of hydrogen-bond acceptors (Lipinski definition) is 7. The van der Waals surface area contributed by atoms with Crippen LogP contribution in [0, 0.1) is 13.8 Å². The summed E-state index contributed by atoms with van der Waals surface area (Å²) in [4.78, 5) is 9.31. The average Bonchev–Trinajstić information content (AvgIpc) is 2.69. The van der Waals surface area contributed by atoms with Crippen molar-refractivity contribution in [2.75, 3.05) is 48.8 Å². The Bertz CT molecular complexity index is 943. The van der Waals surface area contributed by atoms with E-state index in [0.29, 0.717) is 11.8 Å². The number of benzene rings is 2. The Morgan fingerprint density at radius 1 is 0.828 bits per heavy atom. The van der Waals surface area contributed by atoms with Crippen molar-refractivity contribution in [3.05, 3.63) is 59.8 Å². The second kappa shape index (κ2) is 8.45. The minimum absolute atomic E-state index is 0.467. The molecular formula is C22H27N7. The lowest BCUT2D eigenvalue weighted by Crippen LogP contribution is -2.44. The van der Waals surface area contributed by atoms with Gasteiger partial charge in [0, 0.05) is 43.2 Å². The summed E-state index contributed by atoms with van der Waals surface area (Å²) in [6, 6.07) is 14.7. The van der Waals surface area contributed by atoms with E-state index in [1.54, 1.807) is 6.20 Å². The maximum atomic E-state index is 4.53. The van der Waals surface area contributed by atoms with Crippen molar-refractivity contribution in [1.29, 1.82) is 0 Å². The third kappa shape index (κ3) is 5.00. The van der Waals surface area contributed by atoms with Gasteiger partial charge in [0.1, 0.15) is 0 Å². The highest BCUT2D eigenvalue weighted by Crippen LogP contribution is 2.22. The smallest absolute Gasteiger partial charge is 0.249 e. The molecule has 0 amide bonds. The van der Waals surface area contributed by atoms with E-state index in [-0.39, 0.29) is 0 Å². The van der Waals surface area contributed by atoms with Crippen LogP contribution in [0.1, 0.15) is 11.1 Å². The monoisotopic (exact) mass is 389 g/mol. The molecule has 150 valence electrons. The summed E-state index contributed by atoms with van der Waals surface area (Å²) >= 11 is 0. The zero-order chi connectivity index (χ0) is 20.2. The Kier molecular flexibility index (Phi) is 5.57. The van der Waals surface area contributed by atoms with Crippen LogP contribution in [0.5, 0.6) is 0 Å². The number of anilines is 5. The summed E-state index contributed by atoms with van der Waals surface area (Å²) in [6.45, 7) is 8.47. The minimum Gasteiger partial charge on any atom is -0.369 e. The van der Waals surface area contributed by atoms with Crippen LogP contribution < -0.4 is 15.5 Å². The van der Waals surface area contributed by atoms with Crippen molar-refractivity contribution >= 4 is 28.8 Å². The summed E-state index contributed by atoms with van der Waals surface area (Å²) in [5.74, 6) is 1.12. The van der Waals surface area contributed by atoms with E-state index < -0.39 is 0 Å². The molecule has 2 heterocycles. The van der Waals surface area contributed by atoms with Gasteiger partial charge in [-0.25, -0.2) is 0 Å². The van der Waals surface area contributed by atoms with E-state index in [1.165, 1.54) is 16.8 Å². The lowest BCUT2D eigenvalue weighted by atomic mass is 10.1. The molecule has 1 aliphatic heterocycles. The molecule has 1 aromatic heterocycles. The van der Waals surface area contributed by atoms with Crippen molar-refractivity contribution in [1.82, 2.24) is 20.1 Å². The lowest BCUT2D eigenvalue weighted by Gasteiger charge is -2.34. The molecular weight excluding hydrogens is 362 g/mol. The first-order valence-electron chi connectivity index (χ1n) is 9.91. The van der Waals surface area contributed by atoms with Crippen LogP contribution in [0.4, 0.5) is 28.8 Å². The summed E-state index contributed by atoms with van der Waals surface area (Å²) in [5.41, 5.74) is 5.56. The van der Waals surface area contributed by atoms with Crippen LogP contribution in [0.3, 0.4) is 0 Å². The molecule has 7 nitrogen and oxygen atoms in total. The maximum absolute atomic E-state index is 4.53. The standard InChI is InChI=1S/C22H27N7/c1-16-12-17(2)14-19(13-16)25-22-26-21(15-23-27-22)24-18-4-6-20(7-5-18)29-10-8-28(3)9-11-29/h4-7,12-15H,8-11H2,1-3H3,(H2,24,25,26,27). The van der Waals surface area contributed by atoms with Gasteiger partial charge in [0.15, 0.2) is 5.82 Å². The van der Waals surface area contributed by atoms with Gasteiger partial charge in [-0.2, -0.15) is 10.1 Å². The number of nitrogens with zero attached hydrogens (tertiary/aromatic N) is 5. The predicted molar refractivity (Wildman–Crippen MR) is 118 cm³/mol. The number of rotatable bonds is 5. The molecule has 1 aliphatic rings. The molecule has 4 rings (SSSR count). The highest BCUT2D eigenvalue weighted by molar-refractivity contribution is 5.62. The summed E-state index contributed by atoms with van der Waals surface area (Å²) in [5, 5.41) is 14.7. The highest BCUT2D eigenvalue weighted by Gasteiger charge is 2.14. The first-order chi connectivity index (χ1) is 14.0. The third-order valence-corrected chi connectivity index (χ3v) is 5.04. The molecule has 1 saturated heterocycles. The van der Waals surface area contributed by atoms with Crippen LogP contribution in [-0.4, -0.2) is 53.3 Å². The van der Waals surface area contributed by atoms with Gasteiger partial charge in [0.05, 0.1) is 6.20 Å². The molecule has 0 unspecified atom stereocenters. The van der Waals surface area contributed by atoms with Crippen LogP contribution in [-0.2, 0) is 0 Å². The van der Waals surface area contributed by atoms with Gasteiger partial charge in [0.25, 0.3) is 0 Å². The van der Waals surface area contributed by atoms with Crippen LogP contribution in [0.25, 0.3) is 0 Å². The van der Waals surface area contributed by atoms with Crippen molar-refractivity contribution in [3.63, 3.8) is 0 Å². The topological polar surface area (TPSA) is 69.2 Å². The van der Waals surface area contributed by atoms with Gasteiger partial charge in [-0.3, -0.25) is 0 Å². The second-order valence-corrected chi connectivity index (χ2v) is 7.63. The second-order valence-electron chi connectivity index (χ2n) is 7.63.